The highest BCUT2D eigenvalue weighted by atomic mass is 15.1. The Morgan fingerprint density at radius 3 is 1.67 bits per heavy atom. The Labute approximate surface area is 214 Å². The fraction of sp³-hybridized carbons (Fsp3) is 0.143. The lowest BCUT2D eigenvalue weighted by molar-refractivity contribution is 1.22. The first-order valence-electron chi connectivity index (χ1n) is 12.4. The summed E-state index contributed by atoms with van der Waals surface area (Å²) in [5, 5.41) is 9.37. The van der Waals surface area contributed by atoms with Crippen molar-refractivity contribution in [1.29, 1.82) is 0 Å². The Balaban J connectivity index is 1.84. The first kappa shape index (κ1) is 23.6. The third kappa shape index (κ3) is 3.31. The van der Waals surface area contributed by atoms with Gasteiger partial charge in [-0.2, -0.15) is 0 Å². The minimum Gasteiger partial charge on any atom is -0.317 e. The zero-order valence-corrected chi connectivity index (χ0v) is 22.0. The number of rotatable bonds is 4. The van der Waals surface area contributed by atoms with E-state index in [2.05, 4.69) is 120 Å². The highest BCUT2D eigenvalue weighted by Crippen LogP contribution is 2.35. The third-order valence-electron chi connectivity index (χ3n) is 7.82. The number of para-hydroxylation sites is 1. The molecule has 0 N–H and O–H groups in total. The molecule has 0 heterocycles. The standard InChI is InChI=1S/C35H33N/c1-10-36(35-20(2)14-13-15-21(35)3)27(9)30-19-32-26(8)34-24(6)29-17-12-11-16-28(29)23(5)33(34)25(7)31(32)18-22(30)4/h10-19H,1,7-9H2,2-6H3. The van der Waals surface area contributed by atoms with Crippen LogP contribution in [0.4, 0.5) is 5.69 Å². The largest absolute Gasteiger partial charge is 0.317 e. The lowest BCUT2D eigenvalue weighted by atomic mass is 9.87. The smallest absolute Gasteiger partial charge is 0.0513 e. The summed E-state index contributed by atoms with van der Waals surface area (Å²) < 4.78 is 0. The molecular weight excluding hydrogens is 434 g/mol. The third-order valence-corrected chi connectivity index (χ3v) is 7.82. The van der Waals surface area contributed by atoms with Crippen molar-refractivity contribution in [2.45, 2.75) is 34.6 Å². The molecule has 1 heteroatoms. The number of nitrogens with zero attached hydrogens (tertiary/aromatic N) is 1. The second kappa shape index (κ2) is 8.53. The lowest BCUT2D eigenvalue weighted by Gasteiger charge is -2.27. The van der Waals surface area contributed by atoms with Crippen molar-refractivity contribution < 1.29 is 0 Å². The van der Waals surface area contributed by atoms with Crippen LogP contribution in [0, 0.1) is 34.6 Å². The molecule has 0 atom stereocenters. The zero-order valence-electron chi connectivity index (χ0n) is 22.0. The van der Waals surface area contributed by atoms with E-state index in [4.69, 9.17) is 0 Å². The number of hydrogen-bond donors (Lipinski definition) is 0. The summed E-state index contributed by atoms with van der Waals surface area (Å²) in [5.74, 6) is 0. The van der Waals surface area contributed by atoms with Gasteiger partial charge in [0.15, 0.2) is 0 Å². The highest BCUT2D eigenvalue weighted by molar-refractivity contribution is 6.11. The molecule has 0 saturated heterocycles. The van der Waals surface area contributed by atoms with Crippen LogP contribution in [0.3, 0.4) is 0 Å². The Bertz CT molecular complexity index is 1830. The summed E-state index contributed by atoms with van der Waals surface area (Å²) in [6, 6.07) is 19.5. The SMILES string of the molecule is C=CN(C(=C)c1cc2c(=C)c3c(C)c4ccccc4c(C)c3c(=C)c2cc1C)c1c(C)cccc1C. The Hall–Kier alpha value is -4.10. The van der Waals surface area contributed by atoms with E-state index in [1.54, 1.807) is 0 Å². The van der Waals surface area contributed by atoms with E-state index in [0.29, 0.717) is 0 Å². The van der Waals surface area contributed by atoms with Gasteiger partial charge in [-0.1, -0.05) is 74.8 Å². The predicted octanol–water partition coefficient (Wildman–Crippen LogP) is 8.13. The average molecular weight is 468 g/mol. The minimum atomic E-state index is 0.901. The van der Waals surface area contributed by atoms with Gasteiger partial charge < -0.3 is 4.90 Å². The zero-order chi connectivity index (χ0) is 25.9. The first-order chi connectivity index (χ1) is 17.2. The molecule has 36 heavy (non-hydrogen) atoms. The van der Waals surface area contributed by atoms with Crippen molar-refractivity contribution >= 4 is 56.9 Å². The molecule has 0 bridgehead atoms. The fourth-order valence-electron chi connectivity index (χ4n) is 5.98. The van der Waals surface area contributed by atoms with Crippen LogP contribution in [0.2, 0.25) is 0 Å². The lowest BCUT2D eigenvalue weighted by Crippen LogP contribution is -2.18. The molecule has 0 aromatic heterocycles. The number of hydrogen-bond acceptors (Lipinski definition) is 1. The van der Waals surface area contributed by atoms with Crippen LogP contribution in [0.25, 0.3) is 51.2 Å². The van der Waals surface area contributed by atoms with Gasteiger partial charge in [-0.15, -0.1) is 0 Å². The summed E-state index contributed by atoms with van der Waals surface area (Å²) in [7, 11) is 0. The molecule has 0 unspecified atom stereocenters. The summed E-state index contributed by atoms with van der Waals surface area (Å²) in [6.45, 7) is 28.7. The molecule has 5 aromatic carbocycles. The molecule has 0 spiro atoms. The highest BCUT2D eigenvalue weighted by Gasteiger charge is 2.18. The van der Waals surface area contributed by atoms with E-state index < -0.39 is 0 Å². The van der Waals surface area contributed by atoms with Gasteiger partial charge in [0.1, 0.15) is 0 Å². The van der Waals surface area contributed by atoms with Crippen molar-refractivity contribution in [2.24, 2.45) is 0 Å². The predicted molar refractivity (Wildman–Crippen MR) is 161 cm³/mol. The van der Waals surface area contributed by atoms with Crippen LogP contribution < -0.4 is 15.3 Å². The Morgan fingerprint density at radius 1 is 0.667 bits per heavy atom. The van der Waals surface area contributed by atoms with E-state index in [0.717, 1.165) is 43.7 Å². The van der Waals surface area contributed by atoms with Crippen LogP contribution in [-0.4, -0.2) is 0 Å². The van der Waals surface area contributed by atoms with Gasteiger partial charge in [0.05, 0.1) is 5.69 Å². The van der Waals surface area contributed by atoms with Gasteiger partial charge in [-0.3, -0.25) is 0 Å². The second-order valence-electron chi connectivity index (χ2n) is 9.96. The molecule has 1 nitrogen and oxygen atoms in total. The van der Waals surface area contributed by atoms with Crippen molar-refractivity contribution in [1.82, 2.24) is 0 Å². The molecule has 0 aliphatic heterocycles. The van der Waals surface area contributed by atoms with Gasteiger partial charge in [0.2, 0.25) is 0 Å². The van der Waals surface area contributed by atoms with Crippen LogP contribution in [0.1, 0.15) is 33.4 Å². The molecule has 0 radical (unpaired) electrons. The van der Waals surface area contributed by atoms with Crippen LogP contribution in [0.15, 0.2) is 74.0 Å². The summed E-state index contributed by atoms with van der Waals surface area (Å²) in [5.41, 5.74) is 9.18. The van der Waals surface area contributed by atoms with Crippen molar-refractivity contribution in [3.8, 4) is 0 Å². The molecule has 0 aliphatic rings. The molecule has 0 saturated carbocycles. The van der Waals surface area contributed by atoms with E-state index in [-0.39, 0.29) is 0 Å². The summed E-state index contributed by atoms with van der Waals surface area (Å²) in [6.07, 6.45) is 1.86. The fourth-order valence-corrected chi connectivity index (χ4v) is 5.98. The average Bonchev–Trinajstić information content (AvgIpc) is 2.86. The quantitative estimate of drug-likeness (QED) is 0.241. The number of fused-ring (bicyclic) bond motifs is 3. The molecule has 178 valence electrons. The van der Waals surface area contributed by atoms with Gasteiger partial charge >= 0.3 is 0 Å². The normalized spacial score (nSPS) is 11.4. The van der Waals surface area contributed by atoms with Gasteiger partial charge in [0, 0.05) is 17.5 Å². The Morgan fingerprint density at radius 2 is 1.17 bits per heavy atom. The molecular formula is C35H33N. The molecule has 0 aliphatic carbocycles. The maximum Gasteiger partial charge on any atom is 0.0513 e. The maximum atomic E-state index is 4.62. The molecule has 5 aromatic rings. The van der Waals surface area contributed by atoms with E-state index in [1.807, 2.05) is 6.20 Å². The van der Waals surface area contributed by atoms with Gasteiger partial charge in [-0.25, -0.2) is 0 Å². The summed E-state index contributed by atoms with van der Waals surface area (Å²) in [4.78, 5) is 2.11. The topological polar surface area (TPSA) is 3.24 Å². The van der Waals surface area contributed by atoms with Crippen molar-refractivity contribution in [3.05, 3.63) is 118 Å². The molecule has 5 rings (SSSR count). The summed E-state index contributed by atoms with van der Waals surface area (Å²) >= 11 is 0. The number of aryl methyl sites for hydroxylation is 5. The minimum absolute atomic E-state index is 0.901. The monoisotopic (exact) mass is 467 g/mol. The molecule has 0 amide bonds. The second-order valence-corrected chi connectivity index (χ2v) is 9.96. The number of benzene rings is 5. The van der Waals surface area contributed by atoms with Gasteiger partial charge in [0.25, 0.3) is 0 Å². The maximum absolute atomic E-state index is 4.62. The van der Waals surface area contributed by atoms with E-state index >= 15 is 0 Å². The van der Waals surface area contributed by atoms with E-state index in [1.165, 1.54) is 43.8 Å². The van der Waals surface area contributed by atoms with Gasteiger partial charge in [-0.05, 0) is 111 Å². The van der Waals surface area contributed by atoms with Crippen LogP contribution in [0.5, 0.6) is 0 Å². The van der Waals surface area contributed by atoms with Crippen LogP contribution >= 0.6 is 0 Å². The van der Waals surface area contributed by atoms with Crippen molar-refractivity contribution in [3.63, 3.8) is 0 Å². The first-order valence-corrected chi connectivity index (χ1v) is 12.4. The Kier molecular flexibility index (Phi) is 5.60. The van der Waals surface area contributed by atoms with Crippen LogP contribution in [-0.2, 0) is 0 Å². The van der Waals surface area contributed by atoms with Crippen molar-refractivity contribution in [2.75, 3.05) is 4.90 Å². The number of anilines is 1. The molecule has 0 fully saturated rings. The van der Waals surface area contributed by atoms with E-state index in [9.17, 15) is 0 Å².